The lowest BCUT2D eigenvalue weighted by Crippen LogP contribution is -2.16. The molecule has 0 radical (unpaired) electrons. The van der Waals surface area contributed by atoms with Crippen molar-refractivity contribution in [3.05, 3.63) is 18.0 Å². The Morgan fingerprint density at radius 1 is 1.37 bits per heavy atom. The molecular weight excluding hydrogens is 264 g/mol. The van der Waals surface area contributed by atoms with Crippen molar-refractivity contribution in [1.82, 2.24) is 4.98 Å². The van der Waals surface area contributed by atoms with Crippen molar-refractivity contribution in [2.45, 2.75) is 45.1 Å². The lowest BCUT2D eigenvalue weighted by Gasteiger charge is -2.20. The van der Waals surface area contributed by atoms with Crippen LogP contribution in [0.5, 0.6) is 5.75 Å². The first-order chi connectivity index (χ1) is 8.65. The molecule has 0 amide bonds. The molecule has 1 aromatic heterocycles. The van der Waals surface area contributed by atoms with Crippen molar-refractivity contribution in [1.29, 1.82) is 0 Å². The fourth-order valence-electron chi connectivity index (χ4n) is 1.59. The Labute approximate surface area is 114 Å². The summed E-state index contributed by atoms with van der Waals surface area (Å²) in [6, 6.07) is 1.83. The van der Waals surface area contributed by atoms with E-state index in [0.717, 1.165) is 24.8 Å². The summed E-state index contributed by atoms with van der Waals surface area (Å²) in [5, 5.41) is 0. The zero-order valence-electron chi connectivity index (χ0n) is 11.7. The molecule has 0 aliphatic heterocycles. The van der Waals surface area contributed by atoms with Crippen LogP contribution in [0.2, 0.25) is 0 Å². The quantitative estimate of drug-likeness (QED) is 0.921. The number of rotatable bonds is 4. The number of nitrogens with zero attached hydrogens (tertiary/aromatic N) is 1. The van der Waals surface area contributed by atoms with Crippen LogP contribution in [0.1, 0.15) is 39.3 Å². The van der Waals surface area contributed by atoms with E-state index in [2.05, 4.69) is 30.5 Å². The van der Waals surface area contributed by atoms with Gasteiger partial charge in [-0.3, -0.25) is 9.71 Å². The van der Waals surface area contributed by atoms with Crippen LogP contribution < -0.4 is 9.46 Å². The van der Waals surface area contributed by atoms with Gasteiger partial charge in [-0.05, 0) is 12.8 Å². The number of sulfonamides is 1. The minimum absolute atomic E-state index is 0.106. The highest BCUT2D eigenvalue weighted by Crippen LogP contribution is 2.34. The first kappa shape index (κ1) is 14.1. The van der Waals surface area contributed by atoms with Crippen LogP contribution in [0.3, 0.4) is 0 Å². The minimum atomic E-state index is -3.33. The zero-order chi connectivity index (χ0) is 14.3. The molecule has 0 bridgehead atoms. The van der Waals surface area contributed by atoms with Gasteiger partial charge in [-0.15, -0.1) is 0 Å². The van der Waals surface area contributed by atoms with E-state index in [1.54, 1.807) is 0 Å². The molecular formula is C13H20N2O3S. The SMILES string of the molecule is CC(C)(C)c1cc(OC2CC2)c(NS(C)(=O)=O)cn1. The first-order valence-corrected chi connectivity index (χ1v) is 8.19. The Kier molecular flexibility index (Phi) is 3.47. The molecule has 6 heteroatoms. The van der Waals surface area contributed by atoms with E-state index in [4.69, 9.17) is 4.74 Å². The molecule has 0 aromatic carbocycles. The molecule has 1 fully saturated rings. The Balaban J connectivity index is 2.36. The standard InChI is InChI=1S/C13H20N2O3S/c1-13(2,3)12-7-11(18-9-5-6-9)10(8-14-12)15-19(4,16)17/h7-9,15H,5-6H2,1-4H3. The molecule has 1 aliphatic rings. The molecule has 0 atom stereocenters. The molecule has 1 aliphatic carbocycles. The van der Waals surface area contributed by atoms with Crippen LogP contribution in [-0.4, -0.2) is 25.8 Å². The lowest BCUT2D eigenvalue weighted by atomic mass is 9.91. The van der Waals surface area contributed by atoms with Gasteiger partial charge in [0.15, 0.2) is 0 Å². The van der Waals surface area contributed by atoms with E-state index in [1.807, 2.05) is 6.07 Å². The molecule has 0 spiro atoms. The van der Waals surface area contributed by atoms with E-state index in [-0.39, 0.29) is 11.5 Å². The highest BCUT2D eigenvalue weighted by molar-refractivity contribution is 7.92. The zero-order valence-corrected chi connectivity index (χ0v) is 12.5. The fourth-order valence-corrected chi connectivity index (χ4v) is 2.14. The number of anilines is 1. The fraction of sp³-hybridized carbons (Fsp3) is 0.615. The molecule has 0 unspecified atom stereocenters. The highest BCUT2D eigenvalue weighted by Gasteiger charge is 2.26. The predicted molar refractivity (Wildman–Crippen MR) is 75.1 cm³/mol. The van der Waals surface area contributed by atoms with Gasteiger partial charge in [0, 0.05) is 17.2 Å². The van der Waals surface area contributed by atoms with Gasteiger partial charge >= 0.3 is 0 Å². The highest BCUT2D eigenvalue weighted by atomic mass is 32.2. The van der Waals surface area contributed by atoms with Gasteiger partial charge in [0.05, 0.1) is 18.6 Å². The number of ether oxygens (including phenoxy) is 1. The van der Waals surface area contributed by atoms with Crippen molar-refractivity contribution in [3.63, 3.8) is 0 Å². The molecule has 19 heavy (non-hydrogen) atoms. The third-order valence-electron chi connectivity index (χ3n) is 2.75. The van der Waals surface area contributed by atoms with Crippen LogP contribution >= 0.6 is 0 Å². The van der Waals surface area contributed by atoms with Gasteiger partial charge in [-0.25, -0.2) is 8.42 Å². The maximum Gasteiger partial charge on any atom is 0.229 e. The summed E-state index contributed by atoms with van der Waals surface area (Å²) in [5.74, 6) is 0.563. The third-order valence-corrected chi connectivity index (χ3v) is 3.34. The van der Waals surface area contributed by atoms with E-state index in [1.165, 1.54) is 6.20 Å². The second-order valence-corrected chi connectivity index (χ2v) is 7.76. The molecule has 106 valence electrons. The van der Waals surface area contributed by atoms with Crippen LogP contribution in [0.25, 0.3) is 0 Å². The van der Waals surface area contributed by atoms with Gasteiger partial charge in [-0.2, -0.15) is 0 Å². The molecule has 2 rings (SSSR count). The predicted octanol–water partition coefficient (Wildman–Crippen LogP) is 2.29. The summed E-state index contributed by atoms with van der Waals surface area (Å²) in [7, 11) is -3.33. The third kappa shape index (κ3) is 4.09. The van der Waals surface area contributed by atoms with Crippen LogP contribution in [0, 0.1) is 0 Å². The average molecular weight is 284 g/mol. The minimum Gasteiger partial charge on any atom is -0.488 e. The second-order valence-electron chi connectivity index (χ2n) is 6.01. The summed E-state index contributed by atoms with van der Waals surface area (Å²) < 4.78 is 30.9. The Morgan fingerprint density at radius 3 is 2.47 bits per heavy atom. The number of hydrogen-bond acceptors (Lipinski definition) is 4. The van der Waals surface area contributed by atoms with Crippen molar-refractivity contribution >= 4 is 15.7 Å². The number of aromatic nitrogens is 1. The van der Waals surface area contributed by atoms with Gasteiger partial charge in [0.25, 0.3) is 0 Å². The van der Waals surface area contributed by atoms with Gasteiger partial charge in [-0.1, -0.05) is 20.8 Å². The van der Waals surface area contributed by atoms with E-state index in [9.17, 15) is 8.42 Å². The maximum atomic E-state index is 11.3. The Bertz CT molecular complexity index is 572. The van der Waals surface area contributed by atoms with E-state index < -0.39 is 10.0 Å². The molecule has 0 saturated heterocycles. The molecule has 1 heterocycles. The summed E-state index contributed by atoms with van der Waals surface area (Å²) >= 11 is 0. The summed E-state index contributed by atoms with van der Waals surface area (Å²) in [4.78, 5) is 4.32. The second kappa shape index (κ2) is 4.67. The van der Waals surface area contributed by atoms with Crippen molar-refractivity contribution in [3.8, 4) is 5.75 Å². The number of pyridine rings is 1. The summed E-state index contributed by atoms with van der Waals surface area (Å²) in [6.45, 7) is 6.17. The number of nitrogens with one attached hydrogen (secondary N) is 1. The molecule has 1 N–H and O–H groups in total. The van der Waals surface area contributed by atoms with Crippen LogP contribution in [0.4, 0.5) is 5.69 Å². The lowest BCUT2D eigenvalue weighted by molar-refractivity contribution is 0.303. The van der Waals surface area contributed by atoms with Gasteiger partial charge in [0.1, 0.15) is 11.4 Å². The van der Waals surface area contributed by atoms with Crippen molar-refractivity contribution in [2.75, 3.05) is 11.0 Å². The van der Waals surface area contributed by atoms with Gasteiger partial charge in [0.2, 0.25) is 10.0 Å². The molecule has 1 aromatic rings. The van der Waals surface area contributed by atoms with Crippen molar-refractivity contribution < 1.29 is 13.2 Å². The number of hydrogen-bond donors (Lipinski definition) is 1. The van der Waals surface area contributed by atoms with Crippen LogP contribution in [-0.2, 0) is 15.4 Å². The van der Waals surface area contributed by atoms with Gasteiger partial charge < -0.3 is 4.74 Å². The summed E-state index contributed by atoms with van der Waals surface area (Å²) in [6.07, 6.45) is 4.89. The molecule has 1 saturated carbocycles. The van der Waals surface area contributed by atoms with E-state index >= 15 is 0 Å². The van der Waals surface area contributed by atoms with E-state index in [0.29, 0.717) is 11.4 Å². The first-order valence-electron chi connectivity index (χ1n) is 6.30. The Morgan fingerprint density at radius 2 is 2.00 bits per heavy atom. The largest absolute Gasteiger partial charge is 0.488 e. The Hall–Kier alpha value is -1.30. The smallest absolute Gasteiger partial charge is 0.229 e. The monoisotopic (exact) mass is 284 g/mol. The summed E-state index contributed by atoms with van der Waals surface area (Å²) in [5.41, 5.74) is 1.18. The normalized spacial score (nSPS) is 16.2. The topological polar surface area (TPSA) is 68.3 Å². The van der Waals surface area contributed by atoms with Crippen molar-refractivity contribution in [2.24, 2.45) is 0 Å². The molecule has 5 nitrogen and oxygen atoms in total. The maximum absolute atomic E-state index is 11.3. The average Bonchev–Trinajstić information content (AvgIpc) is 3.00. The van der Waals surface area contributed by atoms with Crippen LogP contribution in [0.15, 0.2) is 12.3 Å².